The van der Waals surface area contributed by atoms with Crippen LogP contribution >= 0.6 is 11.3 Å². The zero-order valence-corrected chi connectivity index (χ0v) is 13.7. The molecule has 1 saturated carbocycles. The van der Waals surface area contributed by atoms with E-state index in [1.54, 1.807) is 6.20 Å². The van der Waals surface area contributed by atoms with E-state index in [9.17, 15) is 4.79 Å². The number of amides is 1. The second-order valence-corrected chi connectivity index (χ2v) is 7.34. The summed E-state index contributed by atoms with van der Waals surface area (Å²) in [5.74, 6) is 7.72. The molecule has 0 radical (unpaired) electrons. The minimum absolute atomic E-state index is 0.129. The minimum atomic E-state index is 0.129. The molecule has 4 rings (SSSR count). The second-order valence-electron chi connectivity index (χ2n) is 6.31. The first-order valence-corrected chi connectivity index (χ1v) is 8.93. The zero-order chi connectivity index (χ0) is 15.6. The van der Waals surface area contributed by atoms with Crippen LogP contribution in [0, 0.1) is 23.7 Å². The summed E-state index contributed by atoms with van der Waals surface area (Å²) in [5.41, 5.74) is 0.961. The number of thiazole rings is 1. The van der Waals surface area contributed by atoms with Crippen molar-refractivity contribution in [1.82, 2.24) is 9.88 Å². The van der Waals surface area contributed by atoms with Gasteiger partial charge in [-0.3, -0.25) is 4.79 Å². The Morgan fingerprint density at radius 2 is 1.87 bits per heavy atom. The van der Waals surface area contributed by atoms with Gasteiger partial charge in [0.15, 0.2) is 5.01 Å². The number of carbonyl (C=O) groups excluding carboxylic acids is 1. The van der Waals surface area contributed by atoms with Crippen molar-refractivity contribution in [1.29, 1.82) is 0 Å². The lowest BCUT2D eigenvalue weighted by Crippen LogP contribution is -2.28. The highest BCUT2D eigenvalue weighted by Gasteiger charge is 2.38. The molecule has 0 spiro atoms. The lowest BCUT2D eigenvalue weighted by Gasteiger charge is -2.15. The van der Waals surface area contributed by atoms with Gasteiger partial charge in [-0.15, -0.1) is 11.3 Å². The Hall–Kier alpha value is -2.12. The van der Waals surface area contributed by atoms with Gasteiger partial charge in [-0.2, -0.15) is 0 Å². The van der Waals surface area contributed by atoms with E-state index >= 15 is 0 Å². The minimum Gasteiger partial charge on any atom is -0.337 e. The lowest BCUT2D eigenvalue weighted by atomic mass is 10.0. The summed E-state index contributed by atoms with van der Waals surface area (Å²) in [6.07, 6.45) is 5.57. The molecule has 23 heavy (non-hydrogen) atoms. The van der Waals surface area contributed by atoms with E-state index < -0.39 is 0 Å². The largest absolute Gasteiger partial charge is 0.337 e. The number of benzene rings is 1. The van der Waals surface area contributed by atoms with Gasteiger partial charge in [-0.1, -0.05) is 30.5 Å². The van der Waals surface area contributed by atoms with E-state index in [0.29, 0.717) is 9.88 Å². The predicted molar refractivity (Wildman–Crippen MR) is 91.3 cm³/mol. The third-order valence-electron chi connectivity index (χ3n) is 4.82. The molecule has 1 saturated heterocycles. The highest BCUT2D eigenvalue weighted by atomic mass is 32.1. The summed E-state index contributed by atoms with van der Waals surface area (Å²) in [7, 11) is 0. The maximum absolute atomic E-state index is 12.6. The van der Waals surface area contributed by atoms with Crippen molar-refractivity contribution in [3.05, 3.63) is 52.0 Å². The van der Waals surface area contributed by atoms with Crippen molar-refractivity contribution >= 4 is 17.2 Å². The van der Waals surface area contributed by atoms with Crippen molar-refractivity contribution in [2.45, 2.75) is 19.3 Å². The predicted octanol–water partition coefficient (Wildman–Crippen LogP) is 3.42. The maximum atomic E-state index is 12.6. The van der Waals surface area contributed by atoms with Crippen LogP contribution in [0.1, 0.15) is 39.5 Å². The molecule has 2 fully saturated rings. The molecule has 2 aromatic rings. The zero-order valence-electron chi connectivity index (χ0n) is 12.9. The summed E-state index contributed by atoms with van der Waals surface area (Å²) in [4.78, 5) is 19.6. The summed E-state index contributed by atoms with van der Waals surface area (Å²) in [6, 6.07) is 9.83. The third kappa shape index (κ3) is 3.02. The summed E-state index contributed by atoms with van der Waals surface area (Å²) in [5, 5.41) is 0.705. The Balaban J connectivity index is 1.46. The van der Waals surface area contributed by atoms with Crippen LogP contribution in [0.2, 0.25) is 0 Å². The van der Waals surface area contributed by atoms with Crippen LogP contribution in [0.5, 0.6) is 0 Å². The molecule has 2 heterocycles. The number of rotatable bonds is 1. The monoisotopic (exact) mass is 322 g/mol. The van der Waals surface area contributed by atoms with Gasteiger partial charge >= 0.3 is 0 Å². The van der Waals surface area contributed by atoms with Crippen LogP contribution < -0.4 is 0 Å². The van der Waals surface area contributed by atoms with E-state index in [-0.39, 0.29) is 5.91 Å². The molecule has 116 valence electrons. The number of nitrogens with zero attached hydrogens (tertiary/aromatic N) is 2. The molecule has 1 aliphatic heterocycles. The van der Waals surface area contributed by atoms with Crippen molar-refractivity contribution in [2.24, 2.45) is 11.8 Å². The first-order chi connectivity index (χ1) is 11.3. The highest BCUT2D eigenvalue weighted by Crippen LogP contribution is 2.38. The van der Waals surface area contributed by atoms with Gasteiger partial charge in [0.1, 0.15) is 4.88 Å². The Kier molecular flexibility index (Phi) is 3.88. The first-order valence-electron chi connectivity index (χ1n) is 8.12. The van der Waals surface area contributed by atoms with Crippen molar-refractivity contribution in [2.75, 3.05) is 13.1 Å². The van der Waals surface area contributed by atoms with Crippen LogP contribution in [-0.2, 0) is 0 Å². The summed E-state index contributed by atoms with van der Waals surface area (Å²) in [6.45, 7) is 1.85. The van der Waals surface area contributed by atoms with Gasteiger partial charge in [-0.05, 0) is 42.7 Å². The molecule has 1 aromatic carbocycles. The van der Waals surface area contributed by atoms with Gasteiger partial charge in [0.2, 0.25) is 0 Å². The van der Waals surface area contributed by atoms with E-state index in [0.717, 1.165) is 30.5 Å². The fourth-order valence-electron chi connectivity index (χ4n) is 3.63. The molecule has 1 aromatic heterocycles. The van der Waals surface area contributed by atoms with E-state index in [1.807, 2.05) is 35.2 Å². The lowest BCUT2D eigenvalue weighted by molar-refractivity contribution is 0.0785. The number of aromatic nitrogens is 1. The van der Waals surface area contributed by atoms with Crippen molar-refractivity contribution < 1.29 is 4.79 Å². The molecule has 4 heteroatoms. The van der Waals surface area contributed by atoms with Crippen LogP contribution in [-0.4, -0.2) is 28.9 Å². The fourth-order valence-corrected chi connectivity index (χ4v) is 4.37. The molecule has 0 bridgehead atoms. The number of hydrogen-bond acceptors (Lipinski definition) is 3. The average Bonchev–Trinajstić information content (AvgIpc) is 3.28. The molecular weight excluding hydrogens is 304 g/mol. The van der Waals surface area contributed by atoms with E-state index in [4.69, 9.17) is 0 Å². The van der Waals surface area contributed by atoms with Crippen LogP contribution in [0.25, 0.3) is 0 Å². The molecule has 2 atom stereocenters. The van der Waals surface area contributed by atoms with Gasteiger partial charge in [-0.25, -0.2) is 4.98 Å². The maximum Gasteiger partial charge on any atom is 0.265 e. The second kappa shape index (κ2) is 6.17. The van der Waals surface area contributed by atoms with Gasteiger partial charge in [0, 0.05) is 18.7 Å². The van der Waals surface area contributed by atoms with E-state index in [1.165, 1.54) is 30.6 Å². The highest BCUT2D eigenvalue weighted by molar-refractivity contribution is 7.14. The molecule has 0 N–H and O–H groups in total. The number of fused-ring (bicyclic) bond motifs is 1. The third-order valence-corrected chi connectivity index (χ3v) is 5.72. The first kappa shape index (κ1) is 14.5. The van der Waals surface area contributed by atoms with Crippen molar-refractivity contribution in [3.63, 3.8) is 0 Å². The van der Waals surface area contributed by atoms with Crippen LogP contribution in [0.3, 0.4) is 0 Å². The molecule has 1 amide bonds. The number of likely N-dealkylation sites (tertiary alicyclic amines) is 1. The van der Waals surface area contributed by atoms with Gasteiger partial charge < -0.3 is 4.90 Å². The Morgan fingerprint density at radius 3 is 2.61 bits per heavy atom. The Labute approximate surface area is 140 Å². The average molecular weight is 322 g/mol. The molecule has 1 aliphatic carbocycles. The summed E-state index contributed by atoms with van der Waals surface area (Å²) < 4.78 is 0. The quantitative estimate of drug-likeness (QED) is 0.754. The van der Waals surface area contributed by atoms with Gasteiger partial charge in [0.25, 0.3) is 5.91 Å². The Bertz CT molecular complexity index is 759. The number of hydrogen-bond donors (Lipinski definition) is 0. The Morgan fingerprint density at radius 1 is 1.13 bits per heavy atom. The molecular formula is C19H18N2OS. The fraction of sp³-hybridized carbons (Fsp3) is 0.368. The SMILES string of the molecule is O=C(c1cnc(C#Cc2ccccc2)s1)N1CC2CCCC2C1. The van der Waals surface area contributed by atoms with Crippen molar-refractivity contribution in [3.8, 4) is 11.8 Å². The van der Waals surface area contributed by atoms with Gasteiger partial charge in [0.05, 0.1) is 6.20 Å². The molecule has 2 unspecified atom stereocenters. The number of carbonyl (C=O) groups is 1. The summed E-state index contributed by atoms with van der Waals surface area (Å²) >= 11 is 1.40. The smallest absolute Gasteiger partial charge is 0.265 e. The standard InChI is InChI=1S/C19H18N2OS/c22-19(21-12-15-7-4-8-16(15)13-21)17-11-20-18(23-17)10-9-14-5-2-1-3-6-14/h1-3,5-6,11,15-16H,4,7-8,12-13H2. The van der Waals surface area contributed by atoms with Crippen LogP contribution in [0.4, 0.5) is 0 Å². The molecule has 2 aliphatic rings. The molecule has 3 nitrogen and oxygen atoms in total. The van der Waals surface area contributed by atoms with E-state index in [2.05, 4.69) is 16.8 Å². The van der Waals surface area contributed by atoms with Crippen LogP contribution in [0.15, 0.2) is 36.5 Å². The topological polar surface area (TPSA) is 33.2 Å². The normalized spacial score (nSPS) is 22.5.